The van der Waals surface area contributed by atoms with Crippen molar-refractivity contribution in [2.45, 2.75) is 11.2 Å². The Morgan fingerprint density at radius 3 is 1.51 bits per heavy atom. The average molecular weight is 758 g/mol. The van der Waals surface area contributed by atoms with Gasteiger partial charge in [0.05, 0.1) is 0 Å². The highest BCUT2D eigenvalue weighted by atomic mass is 127. The predicted molar refractivity (Wildman–Crippen MR) is 185 cm³/mol. The molecule has 10 heteroatoms. The topological polar surface area (TPSA) is 62.1 Å². The van der Waals surface area contributed by atoms with Crippen LogP contribution in [-0.4, -0.2) is 23.0 Å². The fourth-order valence-electron chi connectivity index (χ4n) is 5.73. The molecule has 1 heterocycles. The molecule has 0 fully saturated rings. The van der Waals surface area contributed by atoms with Gasteiger partial charge in [0.2, 0.25) is 0 Å². The maximum absolute atomic E-state index is 10.7. The lowest BCUT2D eigenvalue weighted by molar-refractivity contribution is -0.0517. The van der Waals surface area contributed by atoms with Crippen molar-refractivity contribution in [2.75, 3.05) is 0 Å². The van der Waals surface area contributed by atoms with Crippen LogP contribution in [-0.2, 0) is 17.2 Å². The number of rotatable bonds is 6. The van der Waals surface area contributed by atoms with Gasteiger partial charge in [-0.25, -0.2) is 8.42 Å². The Kier molecular flexibility index (Phi) is 9.84. The van der Waals surface area contributed by atoms with Crippen LogP contribution in [0.25, 0.3) is 10.9 Å². The Balaban J connectivity index is 0.000000444. The highest BCUT2D eigenvalue weighted by Crippen LogP contribution is 2.69. The van der Waals surface area contributed by atoms with Crippen molar-refractivity contribution in [3.05, 3.63) is 160 Å². The van der Waals surface area contributed by atoms with Crippen LogP contribution in [0.15, 0.2) is 146 Å². The quantitative estimate of drug-likeness (QED) is 0.0752. The molecule has 1 unspecified atom stereocenters. The Bertz CT molecular complexity index is 1890. The normalized spacial score (nSPS) is 12.8. The minimum absolute atomic E-state index is 0.141. The van der Waals surface area contributed by atoms with Crippen molar-refractivity contribution >= 4 is 66.8 Å². The van der Waals surface area contributed by atoms with E-state index in [1.54, 1.807) is 0 Å². The first kappa shape index (κ1) is 32.9. The number of para-hydroxylation sites is 1. The molecule has 0 aliphatic rings. The molecule has 0 N–H and O–H groups in total. The summed E-state index contributed by atoms with van der Waals surface area (Å²) >= 11 is 2.41. The summed E-state index contributed by atoms with van der Waals surface area (Å²) in [5, 5.41) is 5.50. The van der Waals surface area contributed by atoms with Crippen LogP contribution in [0.5, 0.6) is 0 Å². The maximum Gasteiger partial charge on any atom is 0.485 e. The highest BCUT2D eigenvalue weighted by Gasteiger charge is 2.54. The van der Waals surface area contributed by atoms with E-state index in [2.05, 4.69) is 180 Å². The molecule has 0 aliphatic heterocycles. The second kappa shape index (κ2) is 13.5. The second-order valence-corrected chi connectivity index (χ2v) is 16.4. The first-order chi connectivity index (χ1) is 21.4. The molecule has 230 valence electrons. The third-order valence-corrected chi connectivity index (χ3v) is 13.5. The summed E-state index contributed by atoms with van der Waals surface area (Å²) in [5.41, 5.74) is -1.51. The molecule has 0 saturated carbocycles. The lowest BCUT2D eigenvalue weighted by atomic mass is 10.0. The molecule has 0 saturated heterocycles. The molecular formula is C35H28F3INO3PS. The van der Waals surface area contributed by atoms with E-state index in [0.29, 0.717) is 0 Å². The van der Waals surface area contributed by atoms with E-state index in [1.807, 2.05) is 0 Å². The van der Waals surface area contributed by atoms with Crippen molar-refractivity contribution in [1.82, 2.24) is 4.57 Å². The number of fused-ring (bicyclic) bond motifs is 1. The molecule has 6 rings (SSSR count). The van der Waals surface area contributed by atoms with Crippen LogP contribution in [0.2, 0.25) is 0 Å². The van der Waals surface area contributed by atoms with Gasteiger partial charge in [0.25, 0.3) is 0 Å². The number of hydrogen-bond donors (Lipinski definition) is 0. The number of hydrogen-bond acceptors (Lipinski definition) is 3. The molecule has 1 atom stereocenters. The first-order valence-corrected chi connectivity index (χ1v) is 18.2. The molecule has 0 aliphatic carbocycles. The van der Waals surface area contributed by atoms with Crippen LogP contribution in [0, 0.1) is 3.57 Å². The minimum Gasteiger partial charge on any atom is -0.741 e. The summed E-state index contributed by atoms with van der Waals surface area (Å²) < 4.78 is 62.4. The minimum atomic E-state index is -6.09. The SMILES string of the molecule is Cn1cc(C(c2ccc(I)cc2)[P+](c2ccccc2)(c2ccccc2)c2ccccc2)c2ccccc21.O=S(=O)([O-])C(F)(F)F. The molecular weight excluding hydrogens is 729 g/mol. The predicted octanol–water partition coefficient (Wildman–Crippen LogP) is 7.92. The number of halogens is 4. The average Bonchev–Trinajstić information content (AvgIpc) is 3.36. The van der Waals surface area contributed by atoms with Gasteiger partial charge in [0.1, 0.15) is 28.8 Å². The summed E-state index contributed by atoms with van der Waals surface area (Å²) in [4.78, 5) is 0. The fourth-order valence-corrected chi connectivity index (χ4v) is 11.0. The number of benzene rings is 5. The molecule has 5 aromatic carbocycles. The summed E-state index contributed by atoms with van der Waals surface area (Å²) in [6.07, 6.45) is 2.37. The van der Waals surface area contributed by atoms with Crippen molar-refractivity contribution in [2.24, 2.45) is 7.05 Å². The van der Waals surface area contributed by atoms with Crippen LogP contribution in [0.3, 0.4) is 0 Å². The number of alkyl halides is 3. The van der Waals surface area contributed by atoms with Crippen LogP contribution < -0.4 is 15.9 Å². The van der Waals surface area contributed by atoms with E-state index in [1.165, 1.54) is 41.5 Å². The Morgan fingerprint density at radius 2 is 1.09 bits per heavy atom. The molecule has 6 aromatic rings. The Morgan fingerprint density at radius 1 is 0.689 bits per heavy atom. The van der Waals surface area contributed by atoms with E-state index < -0.39 is 22.9 Å². The van der Waals surface area contributed by atoms with Gasteiger partial charge in [-0.1, -0.05) is 84.9 Å². The molecule has 45 heavy (non-hydrogen) atoms. The van der Waals surface area contributed by atoms with Crippen molar-refractivity contribution in [1.29, 1.82) is 0 Å². The third kappa shape index (κ3) is 6.72. The van der Waals surface area contributed by atoms with Gasteiger partial charge >= 0.3 is 5.51 Å². The van der Waals surface area contributed by atoms with Gasteiger partial charge in [-0.15, -0.1) is 0 Å². The monoisotopic (exact) mass is 757 g/mol. The third-order valence-electron chi connectivity index (χ3n) is 7.57. The molecule has 0 radical (unpaired) electrons. The van der Waals surface area contributed by atoms with E-state index in [0.717, 1.165) is 0 Å². The highest BCUT2D eigenvalue weighted by molar-refractivity contribution is 14.1. The standard InChI is InChI=1S/C34H28INP.CHF3O3S/c1-36-25-32(31-19-11-12-20-33(31)36)34(26-21-23-27(35)24-22-26)37(28-13-5-2-6-14-28,29-15-7-3-8-16-29)30-17-9-4-10-18-30;2-1(3,4)8(5,6)7/h2-25,34H,1H3;(H,5,6,7)/q+1;/p-1. The van der Waals surface area contributed by atoms with Gasteiger partial charge in [-0.05, 0) is 82.8 Å². The van der Waals surface area contributed by atoms with Gasteiger partial charge < -0.3 is 9.12 Å². The van der Waals surface area contributed by atoms with Gasteiger partial charge in [0, 0.05) is 33.3 Å². The molecule has 0 amide bonds. The summed E-state index contributed by atoms with van der Waals surface area (Å²) in [5.74, 6) is 0. The first-order valence-electron chi connectivity index (χ1n) is 13.8. The lowest BCUT2D eigenvalue weighted by Crippen LogP contribution is -2.35. The largest absolute Gasteiger partial charge is 0.741 e. The van der Waals surface area contributed by atoms with Crippen molar-refractivity contribution in [3.8, 4) is 0 Å². The van der Waals surface area contributed by atoms with E-state index >= 15 is 0 Å². The van der Waals surface area contributed by atoms with Crippen LogP contribution in [0.4, 0.5) is 13.2 Å². The summed E-state index contributed by atoms with van der Waals surface area (Å²) in [7, 11) is -6.15. The second-order valence-electron chi connectivity index (χ2n) is 10.3. The van der Waals surface area contributed by atoms with Crippen LogP contribution >= 0.6 is 29.9 Å². The molecule has 1 aromatic heterocycles. The zero-order chi connectivity index (χ0) is 32.2. The van der Waals surface area contributed by atoms with E-state index in [-0.39, 0.29) is 5.66 Å². The maximum atomic E-state index is 10.7. The van der Waals surface area contributed by atoms with Gasteiger partial charge in [-0.2, -0.15) is 13.2 Å². The smallest absolute Gasteiger partial charge is 0.485 e. The van der Waals surface area contributed by atoms with Gasteiger partial charge in [-0.3, -0.25) is 0 Å². The number of nitrogens with zero attached hydrogens (tertiary/aromatic N) is 1. The van der Waals surface area contributed by atoms with Gasteiger partial charge in [0.15, 0.2) is 10.1 Å². The molecule has 0 bridgehead atoms. The van der Waals surface area contributed by atoms with Crippen molar-refractivity contribution in [3.63, 3.8) is 0 Å². The van der Waals surface area contributed by atoms with Crippen molar-refractivity contribution < 1.29 is 26.1 Å². The van der Waals surface area contributed by atoms with E-state index in [9.17, 15) is 13.2 Å². The fraction of sp³-hybridized carbons (Fsp3) is 0.0857. The Labute approximate surface area is 274 Å². The van der Waals surface area contributed by atoms with E-state index in [4.69, 9.17) is 13.0 Å². The zero-order valence-electron chi connectivity index (χ0n) is 24.0. The Hall–Kier alpha value is -3.50. The number of aromatic nitrogens is 1. The molecule has 4 nitrogen and oxygen atoms in total. The summed E-state index contributed by atoms with van der Waals surface area (Å²) in [6.45, 7) is 0. The summed E-state index contributed by atoms with van der Waals surface area (Å²) in [6, 6.07) is 51.7. The molecule has 0 spiro atoms. The number of aryl methyl sites for hydroxylation is 1. The van der Waals surface area contributed by atoms with Crippen LogP contribution in [0.1, 0.15) is 16.8 Å². The lowest BCUT2D eigenvalue weighted by Gasteiger charge is -2.35. The zero-order valence-corrected chi connectivity index (χ0v) is 27.8.